The van der Waals surface area contributed by atoms with Gasteiger partial charge in [0.05, 0.1) is 19.2 Å². The summed E-state index contributed by atoms with van der Waals surface area (Å²) in [4.78, 5) is 23.5. The fourth-order valence-corrected chi connectivity index (χ4v) is 2.47. The van der Waals surface area contributed by atoms with Crippen molar-refractivity contribution < 1.29 is 28.2 Å². The lowest BCUT2D eigenvalue weighted by Crippen LogP contribution is -2.28. The summed E-state index contributed by atoms with van der Waals surface area (Å²) in [5, 5.41) is 2.78. The fraction of sp³-hybridized carbons (Fsp3) is 0.200. The number of esters is 1. The number of methoxy groups -OCH3 is 2. The summed E-state index contributed by atoms with van der Waals surface area (Å²) in [5.74, 6) is -0.726. The van der Waals surface area contributed by atoms with Gasteiger partial charge in [-0.05, 0) is 35.9 Å². The van der Waals surface area contributed by atoms with Crippen LogP contribution in [0.1, 0.15) is 11.1 Å². The molecule has 0 radical (unpaired) electrons. The van der Waals surface area contributed by atoms with E-state index >= 15 is 0 Å². The van der Waals surface area contributed by atoms with Gasteiger partial charge in [-0.25, -0.2) is 9.18 Å². The first-order valence-electron chi connectivity index (χ1n) is 8.21. The van der Waals surface area contributed by atoms with Gasteiger partial charge in [-0.3, -0.25) is 4.79 Å². The van der Waals surface area contributed by atoms with Crippen molar-refractivity contribution in [1.29, 1.82) is 0 Å². The molecule has 0 aliphatic heterocycles. The normalized spacial score (nSPS) is 10.6. The first-order chi connectivity index (χ1) is 13.4. The van der Waals surface area contributed by atoms with Gasteiger partial charge in [-0.2, -0.15) is 0 Å². The Hall–Kier alpha value is -3.06. The molecule has 0 atom stereocenters. The average Bonchev–Trinajstić information content (AvgIpc) is 2.70. The molecule has 2 aromatic rings. The molecular weight excluding hydrogens is 389 g/mol. The molecule has 0 aliphatic carbocycles. The summed E-state index contributed by atoms with van der Waals surface area (Å²) in [5.41, 5.74) is 0.852. The lowest BCUT2D eigenvalue weighted by Gasteiger charge is -2.10. The van der Waals surface area contributed by atoms with Crippen LogP contribution in [0, 0.1) is 5.82 Å². The van der Waals surface area contributed by atoms with Crippen LogP contribution in [-0.2, 0) is 20.9 Å². The third-order valence-electron chi connectivity index (χ3n) is 3.67. The Morgan fingerprint density at radius 3 is 2.57 bits per heavy atom. The van der Waals surface area contributed by atoms with Gasteiger partial charge in [-0.1, -0.05) is 23.7 Å². The summed E-state index contributed by atoms with van der Waals surface area (Å²) in [6.45, 7) is -0.251. The zero-order valence-corrected chi connectivity index (χ0v) is 16.1. The molecule has 0 saturated carbocycles. The van der Waals surface area contributed by atoms with Crippen LogP contribution in [0.15, 0.2) is 42.5 Å². The van der Waals surface area contributed by atoms with Crippen molar-refractivity contribution in [2.45, 2.75) is 6.54 Å². The molecule has 0 bridgehead atoms. The molecule has 2 aromatic carbocycles. The highest BCUT2D eigenvalue weighted by Gasteiger charge is 2.09. The molecule has 1 N–H and O–H groups in total. The van der Waals surface area contributed by atoms with E-state index < -0.39 is 24.3 Å². The number of ether oxygens (including phenoxy) is 3. The summed E-state index contributed by atoms with van der Waals surface area (Å²) >= 11 is 5.86. The fourth-order valence-electron chi connectivity index (χ4n) is 2.25. The van der Waals surface area contributed by atoms with Crippen LogP contribution in [0.25, 0.3) is 6.08 Å². The Balaban J connectivity index is 1.82. The summed E-state index contributed by atoms with van der Waals surface area (Å²) in [6, 6.07) is 9.39. The van der Waals surface area contributed by atoms with E-state index in [-0.39, 0.29) is 17.1 Å². The smallest absolute Gasteiger partial charge is 0.331 e. The number of hydrogen-bond acceptors (Lipinski definition) is 5. The Morgan fingerprint density at radius 2 is 1.89 bits per heavy atom. The maximum absolute atomic E-state index is 13.6. The van der Waals surface area contributed by atoms with Crippen molar-refractivity contribution in [3.05, 3.63) is 64.4 Å². The first kappa shape index (κ1) is 21.2. The minimum atomic E-state index is -0.791. The maximum atomic E-state index is 13.6. The van der Waals surface area contributed by atoms with Gasteiger partial charge in [0, 0.05) is 18.2 Å². The number of benzene rings is 2. The van der Waals surface area contributed by atoms with E-state index in [1.54, 1.807) is 18.2 Å². The van der Waals surface area contributed by atoms with Crippen molar-refractivity contribution in [2.24, 2.45) is 0 Å². The second kappa shape index (κ2) is 10.3. The van der Waals surface area contributed by atoms with Crippen LogP contribution in [0.5, 0.6) is 11.5 Å². The SMILES string of the molecule is COc1ccc(CNC(=O)COC(=O)/C=C/c2c(F)cccc2Cl)cc1OC. The number of halogens is 2. The Morgan fingerprint density at radius 1 is 1.14 bits per heavy atom. The zero-order valence-electron chi connectivity index (χ0n) is 15.3. The standard InChI is InChI=1S/C20H19ClFNO5/c1-26-17-8-6-13(10-18(17)27-2)11-23-19(24)12-28-20(25)9-7-14-15(21)4-3-5-16(14)22/h3-10H,11-12H2,1-2H3,(H,23,24)/b9-7+. The van der Waals surface area contributed by atoms with E-state index in [2.05, 4.69) is 5.32 Å². The van der Waals surface area contributed by atoms with Gasteiger partial charge in [0.25, 0.3) is 5.91 Å². The lowest BCUT2D eigenvalue weighted by molar-refractivity contribution is -0.143. The van der Waals surface area contributed by atoms with Crippen LogP contribution in [0.2, 0.25) is 5.02 Å². The van der Waals surface area contributed by atoms with Crippen LogP contribution < -0.4 is 14.8 Å². The summed E-state index contributed by atoms with van der Waals surface area (Å²) in [7, 11) is 3.05. The van der Waals surface area contributed by atoms with E-state index in [0.29, 0.717) is 11.5 Å². The zero-order chi connectivity index (χ0) is 20.5. The molecule has 2 rings (SSSR count). The van der Waals surface area contributed by atoms with E-state index in [0.717, 1.165) is 11.6 Å². The number of carbonyl (C=O) groups excluding carboxylic acids is 2. The van der Waals surface area contributed by atoms with Gasteiger partial charge in [-0.15, -0.1) is 0 Å². The van der Waals surface area contributed by atoms with Gasteiger partial charge < -0.3 is 19.5 Å². The van der Waals surface area contributed by atoms with Gasteiger partial charge in [0.2, 0.25) is 0 Å². The van der Waals surface area contributed by atoms with Crippen molar-refractivity contribution >= 4 is 29.6 Å². The molecule has 1 amide bonds. The maximum Gasteiger partial charge on any atom is 0.331 e. The average molecular weight is 408 g/mol. The first-order valence-corrected chi connectivity index (χ1v) is 8.59. The number of rotatable bonds is 8. The van der Waals surface area contributed by atoms with Crippen molar-refractivity contribution in [3.8, 4) is 11.5 Å². The highest BCUT2D eigenvalue weighted by molar-refractivity contribution is 6.32. The predicted molar refractivity (Wildman–Crippen MR) is 103 cm³/mol. The Labute approximate surface area is 166 Å². The van der Waals surface area contributed by atoms with Crippen molar-refractivity contribution in [3.63, 3.8) is 0 Å². The third-order valence-corrected chi connectivity index (χ3v) is 4.00. The molecule has 0 heterocycles. The van der Waals surface area contributed by atoms with Crippen LogP contribution in [-0.4, -0.2) is 32.7 Å². The molecule has 0 aromatic heterocycles. The highest BCUT2D eigenvalue weighted by Crippen LogP contribution is 2.27. The van der Waals surface area contributed by atoms with E-state index in [4.69, 9.17) is 25.8 Å². The van der Waals surface area contributed by atoms with E-state index in [9.17, 15) is 14.0 Å². The van der Waals surface area contributed by atoms with E-state index in [1.165, 1.54) is 38.5 Å². The van der Waals surface area contributed by atoms with Gasteiger partial charge >= 0.3 is 5.97 Å². The molecule has 148 valence electrons. The second-order valence-electron chi connectivity index (χ2n) is 5.54. The van der Waals surface area contributed by atoms with E-state index in [1.807, 2.05) is 0 Å². The Bertz CT molecular complexity index is 865. The number of nitrogens with one attached hydrogen (secondary N) is 1. The molecule has 0 aliphatic rings. The molecular formula is C20H19ClFNO5. The van der Waals surface area contributed by atoms with Gasteiger partial charge in [0.15, 0.2) is 18.1 Å². The predicted octanol–water partition coefficient (Wildman–Crippen LogP) is 3.37. The van der Waals surface area contributed by atoms with Crippen molar-refractivity contribution in [1.82, 2.24) is 5.32 Å². The summed E-state index contributed by atoms with van der Waals surface area (Å²) in [6.07, 6.45) is 2.20. The number of carbonyl (C=O) groups is 2. The monoisotopic (exact) mass is 407 g/mol. The molecule has 28 heavy (non-hydrogen) atoms. The van der Waals surface area contributed by atoms with Crippen LogP contribution in [0.3, 0.4) is 0 Å². The molecule has 0 fully saturated rings. The van der Waals surface area contributed by atoms with Crippen LogP contribution >= 0.6 is 11.6 Å². The van der Waals surface area contributed by atoms with Crippen LogP contribution in [0.4, 0.5) is 4.39 Å². The minimum Gasteiger partial charge on any atom is -0.493 e. The molecule has 0 unspecified atom stereocenters. The highest BCUT2D eigenvalue weighted by atomic mass is 35.5. The van der Waals surface area contributed by atoms with Gasteiger partial charge in [0.1, 0.15) is 5.82 Å². The summed E-state index contributed by atoms with van der Waals surface area (Å²) < 4.78 is 28.8. The molecule has 0 spiro atoms. The number of amides is 1. The quantitative estimate of drug-likeness (QED) is 0.536. The number of hydrogen-bond donors (Lipinski definition) is 1. The third kappa shape index (κ3) is 5.99. The minimum absolute atomic E-state index is 0.0685. The Kier molecular flexibility index (Phi) is 7.83. The molecule has 6 nitrogen and oxygen atoms in total. The van der Waals surface area contributed by atoms with Crippen molar-refractivity contribution in [2.75, 3.05) is 20.8 Å². The second-order valence-corrected chi connectivity index (χ2v) is 5.95. The molecule has 0 saturated heterocycles. The molecule has 8 heteroatoms. The topological polar surface area (TPSA) is 73.9 Å². The largest absolute Gasteiger partial charge is 0.493 e. The lowest BCUT2D eigenvalue weighted by atomic mass is 10.2.